The molecule has 0 saturated heterocycles. The van der Waals surface area contributed by atoms with Crippen LogP contribution in [0.5, 0.6) is 0 Å². The molecule has 0 spiro atoms. The van der Waals surface area contributed by atoms with E-state index in [-0.39, 0.29) is 17.6 Å². The maximum Gasteiger partial charge on any atom is 0.223 e. The Kier molecular flexibility index (Phi) is 5.50. The number of ketones is 1. The van der Waals surface area contributed by atoms with Crippen LogP contribution in [-0.4, -0.2) is 24.8 Å². The van der Waals surface area contributed by atoms with E-state index < -0.39 is 6.04 Å². The van der Waals surface area contributed by atoms with Crippen LogP contribution in [0, 0.1) is 5.92 Å². The minimum absolute atomic E-state index is 0.0505. The van der Waals surface area contributed by atoms with Crippen molar-refractivity contribution in [3.8, 4) is 0 Å². The summed E-state index contributed by atoms with van der Waals surface area (Å²) in [6, 6.07) is 7.35. The Hall–Kier alpha value is -1.94. The van der Waals surface area contributed by atoms with E-state index in [0.29, 0.717) is 0 Å². The molecular weight excluding hydrogens is 276 g/mol. The highest BCUT2D eigenvalue weighted by Gasteiger charge is 2.21. The van der Waals surface area contributed by atoms with Gasteiger partial charge in [0.05, 0.1) is 0 Å². The monoisotopic (exact) mass is 300 g/mol. The number of hydrogen-bond donors (Lipinski definition) is 2. The molecule has 0 radical (unpaired) electrons. The molecule has 0 saturated carbocycles. The largest absolute Gasteiger partial charge is 0.342 e. The van der Waals surface area contributed by atoms with E-state index in [1.165, 1.54) is 12.5 Å². The lowest BCUT2D eigenvalue weighted by Gasteiger charge is -2.20. The highest BCUT2D eigenvalue weighted by Crippen LogP contribution is 2.24. The summed E-state index contributed by atoms with van der Waals surface area (Å²) >= 11 is 0. The van der Waals surface area contributed by atoms with Crippen LogP contribution in [0.3, 0.4) is 0 Å². The quantitative estimate of drug-likeness (QED) is 0.878. The predicted molar refractivity (Wildman–Crippen MR) is 88.3 cm³/mol. The Labute approximate surface area is 132 Å². The van der Waals surface area contributed by atoms with Gasteiger partial charge in [-0.25, -0.2) is 0 Å². The van der Waals surface area contributed by atoms with E-state index in [9.17, 15) is 9.59 Å². The van der Waals surface area contributed by atoms with Gasteiger partial charge in [0, 0.05) is 12.5 Å². The van der Waals surface area contributed by atoms with E-state index in [4.69, 9.17) is 0 Å². The molecule has 4 nitrogen and oxygen atoms in total. The van der Waals surface area contributed by atoms with Crippen molar-refractivity contribution in [3.63, 3.8) is 0 Å². The second-order valence-corrected chi connectivity index (χ2v) is 6.02. The molecule has 1 unspecified atom stereocenters. The number of nitrogens with one attached hydrogen (secondary N) is 2. The van der Waals surface area contributed by atoms with Crippen LogP contribution in [0.1, 0.15) is 44.4 Å². The SMILES string of the molecule is CC(=O)C(NC(=O)C(C)C)c1cccc(C2=CCNCC2)c1. The van der Waals surface area contributed by atoms with Gasteiger partial charge in [-0.05, 0) is 42.7 Å². The third-order valence-corrected chi connectivity index (χ3v) is 3.87. The van der Waals surface area contributed by atoms with Gasteiger partial charge in [-0.2, -0.15) is 0 Å². The van der Waals surface area contributed by atoms with Crippen LogP contribution >= 0.6 is 0 Å². The Balaban J connectivity index is 2.26. The van der Waals surface area contributed by atoms with Crippen LogP contribution in [0.2, 0.25) is 0 Å². The third-order valence-electron chi connectivity index (χ3n) is 3.87. The summed E-state index contributed by atoms with van der Waals surface area (Å²) in [5, 5.41) is 6.13. The molecule has 1 aromatic carbocycles. The molecule has 1 aliphatic rings. The maximum atomic E-state index is 12.0. The van der Waals surface area contributed by atoms with Crippen LogP contribution in [0.4, 0.5) is 0 Å². The van der Waals surface area contributed by atoms with Crippen molar-refractivity contribution >= 4 is 17.3 Å². The highest BCUT2D eigenvalue weighted by atomic mass is 16.2. The summed E-state index contributed by atoms with van der Waals surface area (Å²) in [5.74, 6) is -0.297. The van der Waals surface area contributed by atoms with Gasteiger partial charge in [0.2, 0.25) is 5.91 Å². The van der Waals surface area contributed by atoms with Crippen molar-refractivity contribution < 1.29 is 9.59 Å². The molecule has 2 N–H and O–H groups in total. The molecule has 0 fully saturated rings. The number of rotatable bonds is 5. The molecule has 1 amide bonds. The fraction of sp³-hybridized carbons (Fsp3) is 0.444. The van der Waals surface area contributed by atoms with Crippen molar-refractivity contribution in [2.75, 3.05) is 13.1 Å². The number of Topliss-reactive ketones (excluding diaryl/α,β-unsaturated/α-hetero) is 1. The van der Waals surface area contributed by atoms with Crippen molar-refractivity contribution in [2.24, 2.45) is 5.92 Å². The number of hydrogen-bond acceptors (Lipinski definition) is 3. The molecule has 1 heterocycles. The van der Waals surface area contributed by atoms with Gasteiger partial charge in [0.1, 0.15) is 6.04 Å². The van der Waals surface area contributed by atoms with Crippen molar-refractivity contribution in [1.82, 2.24) is 10.6 Å². The normalized spacial score (nSPS) is 16.1. The second kappa shape index (κ2) is 7.36. The zero-order valence-electron chi connectivity index (χ0n) is 13.5. The molecule has 1 atom stereocenters. The number of carbonyl (C=O) groups is 2. The topological polar surface area (TPSA) is 58.2 Å². The first-order valence-corrected chi connectivity index (χ1v) is 7.80. The minimum atomic E-state index is -0.572. The van der Waals surface area contributed by atoms with E-state index in [1.807, 2.05) is 32.0 Å². The molecular formula is C18H24N2O2. The van der Waals surface area contributed by atoms with Crippen molar-refractivity contribution in [1.29, 1.82) is 0 Å². The van der Waals surface area contributed by atoms with Crippen molar-refractivity contribution in [2.45, 2.75) is 33.2 Å². The lowest BCUT2D eigenvalue weighted by Crippen LogP contribution is -2.35. The smallest absolute Gasteiger partial charge is 0.223 e. The van der Waals surface area contributed by atoms with Crippen LogP contribution < -0.4 is 10.6 Å². The average Bonchev–Trinajstić information content (AvgIpc) is 2.53. The predicted octanol–water partition coefficient (Wildman–Crippen LogP) is 2.47. The summed E-state index contributed by atoms with van der Waals surface area (Å²) in [7, 11) is 0. The zero-order chi connectivity index (χ0) is 16.1. The summed E-state index contributed by atoms with van der Waals surface area (Å²) in [4.78, 5) is 23.9. The molecule has 118 valence electrons. The van der Waals surface area contributed by atoms with Gasteiger partial charge < -0.3 is 10.6 Å². The molecule has 0 bridgehead atoms. The Morgan fingerprint density at radius 3 is 2.64 bits per heavy atom. The Morgan fingerprint density at radius 2 is 2.05 bits per heavy atom. The third kappa shape index (κ3) is 4.04. The lowest BCUT2D eigenvalue weighted by molar-refractivity contribution is -0.129. The van der Waals surface area contributed by atoms with Gasteiger partial charge in [0.15, 0.2) is 5.78 Å². The molecule has 22 heavy (non-hydrogen) atoms. The number of carbonyl (C=O) groups excluding carboxylic acids is 2. The van der Waals surface area contributed by atoms with E-state index in [1.54, 1.807) is 0 Å². The van der Waals surface area contributed by atoms with Crippen LogP contribution in [0.25, 0.3) is 5.57 Å². The van der Waals surface area contributed by atoms with E-state index >= 15 is 0 Å². The summed E-state index contributed by atoms with van der Waals surface area (Å²) < 4.78 is 0. The van der Waals surface area contributed by atoms with Crippen LogP contribution in [-0.2, 0) is 9.59 Å². The van der Waals surface area contributed by atoms with Gasteiger partial charge in [0.25, 0.3) is 0 Å². The van der Waals surface area contributed by atoms with Gasteiger partial charge in [-0.15, -0.1) is 0 Å². The fourth-order valence-electron chi connectivity index (χ4n) is 2.53. The van der Waals surface area contributed by atoms with E-state index in [2.05, 4.69) is 22.8 Å². The fourth-order valence-corrected chi connectivity index (χ4v) is 2.53. The Morgan fingerprint density at radius 1 is 1.27 bits per heavy atom. The first kappa shape index (κ1) is 16.4. The van der Waals surface area contributed by atoms with Crippen molar-refractivity contribution in [3.05, 3.63) is 41.5 Å². The summed E-state index contributed by atoms with van der Waals surface area (Å²) in [6.45, 7) is 7.00. The zero-order valence-corrected chi connectivity index (χ0v) is 13.5. The molecule has 2 rings (SSSR count). The van der Waals surface area contributed by atoms with Gasteiger partial charge >= 0.3 is 0 Å². The average molecular weight is 300 g/mol. The standard InChI is InChI=1S/C18H24N2O2/c1-12(2)18(22)20-17(13(3)21)16-6-4-5-15(11-16)14-7-9-19-10-8-14/h4-7,11-12,17,19H,8-10H2,1-3H3,(H,20,22). The Bertz CT molecular complexity index is 591. The summed E-state index contributed by atoms with van der Waals surface area (Å²) in [6.07, 6.45) is 3.16. The lowest BCUT2D eigenvalue weighted by atomic mass is 9.95. The first-order valence-electron chi connectivity index (χ1n) is 7.80. The van der Waals surface area contributed by atoms with E-state index in [0.717, 1.165) is 30.6 Å². The second-order valence-electron chi connectivity index (χ2n) is 6.02. The number of amides is 1. The van der Waals surface area contributed by atoms with Gasteiger partial charge in [-0.3, -0.25) is 9.59 Å². The first-order chi connectivity index (χ1) is 10.5. The maximum absolute atomic E-state index is 12.0. The van der Waals surface area contributed by atoms with Crippen LogP contribution in [0.15, 0.2) is 30.3 Å². The summed E-state index contributed by atoms with van der Waals surface area (Å²) in [5.41, 5.74) is 3.26. The molecule has 0 aliphatic carbocycles. The molecule has 0 aromatic heterocycles. The molecule has 1 aliphatic heterocycles. The van der Waals surface area contributed by atoms with Gasteiger partial charge in [-0.1, -0.05) is 38.1 Å². The minimum Gasteiger partial charge on any atom is -0.342 e. The molecule has 4 heteroatoms. The molecule has 1 aromatic rings. The highest BCUT2D eigenvalue weighted by molar-refractivity contribution is 5.89. The number of benzene rings is 1.